The van der Waals surface area contributed by atoms with Crippen LogP contribution in [0.15, 0.2) is 164 Å². The summed E-state index contributed by atoms with van der Waals surface area (Å²) in [5.74, 6) is 0. The van der Waals surface area contributed by atoms with Gasteiger partial charge in [0, 0.05) is 38.9 Å². The Kier molecular flexibility index (Phi) is 6.42. The Bertz CT molecular complexity index is 2480. The summed E-state index contributed by atoms with van der Waals surface area (Å²) in [6.07, 6.45) is 0. The van der Waals surface area contributed by atoms with Gasteiger partial charge >= 0.3 is 0 Å². The minimum atomic E-state index is -0.0730. The van der Waals surface area contributed by atoms with Gasteiger partial charge in [0.25, 0.3) is 0 Å². The molecule has 230 valence electrons. The Labute approximate surface area is 282 Å². The zero-order valence-electron chi connectivity index (χ0n) is 27.5. The van der Waals surface area contributed by atoms with Crippen molar-refractivity contribution in [3.05, 3.63) is 180 Å². The molecular weight excluding hydrogens is 581 g/mol. The normalized spacial score (nSPS) is 13.1. The van der Waals surface area contributed by atoms with Gasteiger partial charge in [-0.2, -0.15) is 0 Å². The van der Waals surface area contributed by atoms with Gasteiger partial charge < -0.3 is 9.47 Å². The van der Waals surface area contributed by atoms with E-state index in [2.05, 4.69) is 194 Å². The summed E-state index contributed by atoms with van der Waals surface area (Å²) >= 11 is 0. The van der Waals surface area contributed by atoms with Gasteiger partial charge in [-0.05, 0) is 113 Å². The minimum absolute atomic E-state index is 0.0730. The Morgan fingerprint density at radius 3 is 1.98 bits per heavy atom. The summed E-state index contributed by atoms with van der Waals surface area (Å²) in [5, 5.41) is 2.52. The number of para-hydroxylation sites is 3. The van der Waals surface area contributed by atoms with Gasteiger partial charge in [0.1, 0.15) is 0 Å². The van der Waals surface area contributed by atoms with Crippen molar-refractivity contribution in [3.63, 3.8) is 0 Å². The highest BCUT2D eigenvalue weighted by Gasteiger charge is 2.35. The van der Waals surface area contributed by atoms with Crippen LogP contribution in [-0.2, 0) is 5.41 Å². The van der Waals surface area contributed by atoms with E-state index in [1.807, 2.05) is 0 Å². The van der Waals surface area contributed by atoms with Crippen LogP contribution in [0, 0.1) is 6.92 Å². The van der Waals surface area contributed by atoms with E-state index < -0.39 is 0 Å². The van der Waals surface area contributed by atoms with Crippen LogP contribution in [-0.4, -0.2) is 4.57 Å². The van der Waals surface area contributed by atoms with Crippen molar-refractivity contribution < 1.29 is 0 Å². The molecule has 8 aromatic rings. The summed E-state index contributed by atoms with van der Waals surface area (Å²) in [6, 6.07) is 60.0. The third-order valence-corrected chi connectivity index (χ3v) is 10.2. The second kappa shape index (κ2) is 10.9. The van der Waals surface area contributed by atoms with E-state index in [0.29, 0.717) is 0 Å². The number of benzene rings is 7. The minimum Gasteiger partial charge on any atom is -0.310 e. The SMILES string of the molecule is Cc1cc(-c2ccc3c(c2)c2ccccc2n3-c2ccccc2)cc(N(c2ccccc2)c2ccc3c(c2)C(C)(C)c2ccccc2-3)c1. The standard InChI is InChI=1S/C46H36N2/c1-31-26-33(32-22-25-45-41(29-32)40-19-11-13-21-44(40)48(45)35-16-8-5-9-17-35)28-37(27-31)47(34-14-6-4-7-15-34)36-23-24-39-38-18-10-12-20-42(38)46(2,3)43(39)30-36/h4-30H,1-3H3. The highest BCUT2D eigenvalue weighted by molar-refractivity contribution is 6.10. The van der Waals surface area contributed by atoms with Crippen LogP contribution in [0.25, 0.3) is 49.7 Å². The first-order valence-corrected chi connectivity index (χ1v) is 16.8. The Morgan fingerprint density at radius 2 is 1.15 bits per heavy atom. The molecule has 0 aliphatic heterocycles. The molecule has 1 aliphatic carbocycles. The fourth-order valence-corrected chi connectivity index (χ4v) is 7.92. The predicted molar refractivity (Wildman–Crippen MR) is 203 cm³/mol. The Hall–Kier alpha value is -5.86. The van der Waals surface area contributed by atoms with Crippen LogP contribution in [0.5, 0.6) is 0 Å². The van der Waals surface area contributed by atoms with Crippen LogP contribution < -0.4 is 4.90 Å². The van der Waals surface area contributed by atoms with Crippen LogP contribution in [0.1, 0.15) is 30.5 Å². The van der Waals surface area contributed by atoms with Crippen LogP contribution >= 0.6 is 0 Å². The molecule has 0 N–H and O–H groups in total. The lowest BCUT2D eigenvalue weighted by molar-refractivity contribution is 0.660. The third kappa shape index (κ3) is 4.41. The molecule has 0 amide bonds. The smallest absolute Gasteiger partial charge is 0.0541 e. The van der Waals surface area contributed by atoms with Crippen molar-refractivity contribution in [2.24, 2.45) is 0 Å². The maximum absolute atomic E-state index is 2.41. The predicted octanol–water partition coefficient (Wildman–Crippen LogP) is 12.5. The molecule has 0 radical (unpaired) electrons. The van der Waals surface area contributed by atoms with Gasteiger partial charge in [-0.1, -0.05) is 111 Å². The van der Waals surface area contributed by atoms with Gasteiger partial charge in [-0.15, -0.1) is 0 Å². The topological polar surface area (TPSA) is 8.17 Å². The van der Waals surface area contributed by atoms with Crippen molar-refractivity contribution in [1.29, 1.82) is 0 Å². The molecule has 48 heavy (non-hydrogen) atoms. The molecule has 0 saturated heterocycles. The first kappa shape index (κ1) is 28.4. The Morgan fingerprint density at radius 1 is 0.458 bits per heavy atom. The maximum Gasteiger partial charge on any atom is 0.0541 e. The van der Waals surface area contributed by atoms with Crippen LogP contribution in [0.4, 0.5) is 17.1 Å². The molecule has 0 spiro atoms. The Balaban J connectivity index is 1.20. The third-order valence-electron chi connectivity index (χ3n) is 10.2. The second-order valence-electron chi connectivity index (χ2n) is 13.5. The largest absolute Gasteiger partial charge is 0.310 e. The number of hydrogen-bond donors (Lipinski definition) is 0. The molecule has 1 aromatic heterocycles. The summed E-state index contributed by atoms with van der Waals surface area (Å²) in [5.41, 5.74) is 16.1. The second-order valence-corrected chi connectivity index (χ2v) is 13.5. The van der Waals surface area contributed by atoms with Crippen molar-refractivity contribution >= 4 is 38.9 Å². The van der Waals surface area contributed by atoms with E-state index in [1.165, 1.54) is 72.1 Å². The van der Waals surface area contributed by atoms with E-state index in [9.17, 15) is 0 Å². The first-order valence-electron chi connectivity index (χ1n) is 16.8. The van der Waals surface area contributed by atoms with Gasteiger partial charge in [-0.25, -0.2) is 0 Å². The molecular formula is C46H36N2. The molecule has 0 saturated carbocycles. The van der Waals surface area contributed by atoms with Gasteiger partial charge in [0.2, 0.25) is 0 Å². The van der Waals surface area contributed by atoms with Crippen LogP contribution in [0.3, 0.4) is 0 Å². The lowest BCUT2D eigenvalue weighted by atomic mass is 9.82. The van der Waals surface area contributed by atoms with Gasteiger partial charge in [0.15, 0.2) is 0 Å². The molecule has 0 atom stereocenters. The highest BCUT2D eigenvalue weighted by Crippen LogP contribution is 2.50. The fraction of sp³-hybridized carbons (Fsp3) is 0.0870. The molecule has 0 bridgehead atoms. The number of rotatable bonds is 5. The van der Waals surface area contributed by atoms with E-state index in [1.54, 1.807) is 0 Å². The molecule has 0 unspecified atom stereocenters. The quantitative estimate of drug-likeness (QED) is 0.187. The molecule has 1 aliphatic rings. The fourth-order valence-electron chi connectivity index (χ4n) is 7.92. The number of nitrogens with zero attached hydrogens (tertiary/aromatic N) is 2. The average molecular weight is 617 g/mol. The lowest BCUT2D eigenvalue weighted by Gasteiger charge is -2.28. The number of fused-ring (bicyclic) bond motifs is 6. The molecule has 0 fully saturated rings. The number of aryl methyl sites for hydroxylation is 1. The molecule has 7 aromatic carbocycles. The summed E-state index contributed by atoms with van der Waals surface area (Å²) in [4.78, 5) is 2.41. The molecule has 2 nitrogen and oxygen atoms in total. The monoisotopic (exact) mass is 616 g/mol. The number of hydrogen-bond acceptors (Lipinski definition) is 1. The van der Waals surface area contributed by atoms with E-state index >= 15 is 0 Å². The van der Waals surface area contributed by atoms with Gasteiger partial charge in [-0.3, -0.25) is 0 Å². The van der Waals surface area contributed by atoms with Crippen molar-refractivity contribution in [3.8, 4) is 27.9 Å². The maximum atomic E-state index is 2.41. The van der Waals surface area contributed by atoms with Crippen LogP contribution in [0.2, 0.25) is 0 Å². The number of anilines is 3. The number of aromatic nitrogens is 1. The summed E-state index contributed by atoms with van der Waals surface area (Å²) < 4.78 is 2.38. The molecule has 1 heterocycles. The highest BCUT2D eigenvalue weighted by atomic mass is 15.1. The van der Waals surface area contributed by atoms with E-state index in [0.717, 1.165) is 11.4 Å². The lowest BCUT2D eigenvalue weighted by Crippen LogP contribution is -2.16. The van der Waals surface area contributed by atoms with Crippen molar-refractivity contribution in [2.75, 3.05) is 4.90 Å². The summed E-state index contributed by atoms with van der Waals surface area (Å²) in [6.45, 7) is 6.91. The average Bonchev–Trinajstić information content (AvgIpc) is 3.57. The summed E-state index contributed by atoms with van der Waals surface area (Å²) in [7, 11) is 0. The van der Waals surface area contributed by atoms with E-state index in [-0.39, 0.29) is 5.41 Å². The zero-order valence-corrected chi connectivity index (χ0v) is 27.5. The molecule has 2 heteroatoms. The zero-order chi connectivity index (χ0) is 32.4. The first-order chi connectivity index (χ1) is 23.5. The van der Waals surface area contributed by atoms with E-state index in [4.69, 9.17) is 0 Å². The van der Waals surface area contributed by atoms with Crippen molar-refractivity contribution in [1.82, 2.24) is 4.57 Å². The molecule has 9 rings (SSSR count). The van der Waals surface area contributed by atoms with Crippen molar-refractivity contribution in [2.45, 2.75) is 26.2 Å². The van der Waals surface area contributed by atoms with Gasteiger partial charge in [0.05, 0.1) is 11.0 Å².